The Labute approximate surface area is 132 Å². The quantitative estimate of drug-likeness (QED) is 0.896. The van der Waals surface area contributed by atoms with Crippen LogP contribution in [0.25, 0.3) is 0 Å². The number of β-amino-alcohol motifs (C(OH)–C–C–N with tert-alkyl or cyclic N) is 1. The number of carbonyl (C=O) groups is 1. The van der Waals surface area contributed by atoms with E-state index >= 15 is 0 Å². The Morgan fingerprint density at radius 1 is 1.32 bits per heavy atom. The standard InChI is InChI=1S/C17H26N2O3/c1-12(2)22-17(21)18-15-9-10-19(11-16(15)20)13(3)14-7-5-4-6-8-14/h4-8,12-13,15-16,20H,9-11H2,1-3H3,(H,18,21)/t13?,15-,16-/m0/s1. The fourth-order valence-corrected chi connectivity index (χ4v) is 2.82. The van der Waals surface area contributed by atoms with E-state index < -0.39 is 12.2 Å². The Morgan fingerprint density at radius 2 is 2.00 bits per heavy atom. The maximum atomic E-state index is 11.6. The average Bonchev–Trinajstić information content (AvgIpc) is 2.48. The van der Waals surface area contributed by atoms with Crippen molar-refractivity contribution in [3.05, 3.63) is 35.9 Å². The predicted molar refractivity (Wildman–Crippen MR) is 85.6 cm³/mol. The van der Waals surface area contributed by atoms with Gasteiger partial charge in [-0.05, 0) is 32.8 Å². The van der Waals surface area contributed by atoms with Crippen LogP contribution >= 0.6 is 0 Å². The minimum Gasteiger partial charge on any atom is -0.447 e. The number of aliphatic hydroxyl groups is 1. The zero-order chi connectivity index (χ0) is 16.1. The molecule has 2 rings (SSSR count). The van der Waals surface area contributed by atoms with Crippen LogP contribution < -0.4 is 5.32 Å². The summed E-state index contributed by atoms with van der Waals surface area (Å²) < 4.78 is 5.07. The molecule has 0 aromatic heterocycles. The molecular weight excluding hydrogens is 280 g/mol. The number of hydrogen-bond donors (Lipinski definition) is 2. The van der Waals surface area contributed by atoms with Gasteiger partial charge in [0.2, 0.25) is 0 Å². The van der Waals surface area contributed by atoms with Crippen LogP contribution in [-0.4, -0.2) is 47.4 Å². The van der Waals surface area contributed by atoms with Crippen LogP contribution in [0, 0.1) is 0 Å². The fourth-order valence-electron chi connectivity index (χ4n) is 2.82. The number of benzene rings is 1. The third-order valence-electron chi connectivity index (χ3n) is 4.09. The summed E-state index contributed by atoms with van der Waals surface area (Å²) >= 11 is 0. The lowest BCUT2D eigenvalue weighted by Gasteiger charge is -2.39. The van der Waals surface area contributed by atoms with Gasteiger partial charge in [0.1, 0.15) is 0 Å². The van der Waals surface area contributed by atoms with Gasteiger partial charge in [-0.2, -0.15) is 0 Å². The van der Waals surface area contributed by atoms with E-state index in [1.807, 2.05) is 18.2 Å². The number of rotatable bonds is 4. The normalized spacial score (nSPS) is 24.0. The number of nitrogens with one attached hydrogen (secondary N) is 1. The van der Waals surface area contributed by atoms with Gasteiger partial charge in [-0.3, -0.25) is 4.90 Å². The van der Waals surface area contributed by atoms with Crippen molar-refractivity contribution in [1.29, 1.82) is 0 Å². The van der Waals surface area contributed by atoms with Crippen molar-refractivity contribution in [2.45, 2.75) is 51.5 Å². The Hall–Kier alpha value is -1.59. The second kappa shape index (κ2) is 7.61. The summed E-state index contributed by atoms with van der Waals surface area (Å²) in [6.07, 6.45) is -0.482. The van der Waals surface area contributed by atoms with Crippen LogP contribution in [0.1, 0.15) is 38.8 Å². The molecular formula is C17H26N2O3. The van der Waals surface area contributed by atoms with E-state index in [-0.39, 0.29) is 18.2 Å². The molecule has 0 radical (unpaired) electrons. The van der Waals surface area contributed by atoms with Crippen LogP contribution in [0.5, 0.6) is 0 Å². The third kappa shape index (κ3) is 4.45. The van der Waals surface area contributed by atoms with Gasteiger partial charge in [-0.15, -0.1) is 0 Å². The lowest BCUT2D eigenvalue weighted by atomic mass is 9.98. The monoisotopic (exact) mass is 306 g/mol. The maximum Gasteiger partial charge on any atom is 0.407 e. The fraction of sp³-hybridized carbons (Fsp3) is 0.588. The first-order valence-electron chi connectivity index (χ1n) is 7.91. The van der Waals surface area contributed by atoms with Gasteiger partial charge < -0.3 is 15.2 Å². The highest BCUT2D eigenvalue weighted by Gasteiger charge is 2.31. The molecule has 5 heteroatoms. The maximum absolute atomic E-state index is 11.6. The molecule has 1 heterocycles. The SMILES string of the molecule is CC(C)OC(=O)N[C@H]1CCN(C(C)c2ccccc2)C[C@@H]1O. The summed E-state index contributed by atoms with van der Waals surface area (Å²) in [5, 5.41) is 13.1. The molecule has 0 aliphatic carbocycles. The van der Waals surface area contributed by atoms with Crippen molar-refractivity contribution >= 4 is 6.09 Å². The van der Waals surface area contributed by atoms with E-state index in [4.69, 9.17) is 4.74 Å². The van der Waals surface area contributed by atoms with Crippen molar-refractivity contribution in [2.75, 3.05) is 13.1 Å². The molecule has 1 saturated heterocycles. The van der Waals surface area contributed by atoms with Crippen LogP contribution in [0.15, 0.2) is 30.3 Å². The molecule has 1 aromatic carbocycles. The summed E-state index contributed by atoms with van der Waals surface area (Å²) in [6, 6.07) is 10.3. The third-order valence-corrected chi connectivity index (χ3v) is 4.09. The van der Waals surface area contributed by atoms with Gasteiger partial charge in [0.25, 0.3) is 0 Å². The summed E-state index contributed by atoms with van der Waals surface area (Å²) in [4.78, 5) is 13.9. The van der Waals surface area contributed by atoms with E-state index in [1.165, 1.54) is 5.56 Å². The summed E-state index contributed by atoms with van der Waals surface area (Å²) in [5.41, 5.74) is 1.24. The van der Waals surface area contributed by atoms with Crippen LogP contribution in [0.3, 0.4) is 0 Å². The van der Waals surface area contributed by atoms with Crippen molar-refractivity contribution < 1.29 is 14.6 Å². The lowest BCUT2D eigenvalue weighted by Crippen LogP contribution is -2.54. The van der Waals surface area contributed by atoms with E-state index in [2.05, 4.69) is 29.3 Å². The minimum absolute atomic E-state index is 0.157. The molecule has 0 bridgehead atoms. The second-order valence-corrected chi connectivity index (χ2v) is 6.14. The van der Waals surface area contributed by atoms with Gasteiger partial charge in [-0.25, -0.2) is 4.79 Å². The number of nitrogens with zero attached hydrogens (tertiary/aromatic N) is 1. The van der Waals surface area contributed by atoms with Gasteiger partial charge in [0, 0.05) is 19.1 Å². The Balaban J connectivity index is 1.88. The molecule has 1 unspecified atom stereocenters. The summed E-state index contributed by atoms with van der Waals surface area (Å²) in [7, 11) is 0. The number of piperidine rings is 1. The van der Waals surface area contributed by atoms with Crippen molar-refractivity contribution in [2.24, 2.45) is 0 Å². The smallest absolute Gasteiger partial charge is 0.407 e. The molecule has 1 amide bonds. The highest BCUT2D eigenvalue weighted by atomic mass is 16.6. The van der Waals surface area contributed by atoms with Crippen LogP contribution in [0.2, 0.25) is 0 Å². The molecule has 1 aliphatic rings. The first kappa shape index (κ1) is 16.8. The minimum atomic E-state index is -0.584. The average molecular weight is 306 g/mol. The predicted octanol–water partition coefficient (Wildman–Crippen LogP) is 2.32. The number of ether oxygens (including phenoxy) is 1. The summed E-state index contributed by atoms with van der Waals surface area (Å²) in [5.74, 6) is 0. The van der Waals surface area contributed by atoms with Crippen LogP contribution in [0.4, 0.5) is 4.79 Å². The zero-order valence-electron chi connectivity index (χ0n) is 13.5. The molecule has 3 atom stereocenters. The first-order valence-corrected chi connectivity index (χ1v) is 7.91. The number of alkyl carbamates (subject to hydrolysis) is 1. The van der Waals surface area contributed by atoms with Crippen molar-refractivity contribution in [1.82, 2.24) is 10.2 Å². The van der Waals surface area contributed by atoms with Crippen LogP contribution in [-0.2, 0) is 4.74 Å². The highest BCUT2D eigenvalue weighted by Crippen LogP contribution is 2.24. The van der Waals surface area contributed by atoms with E-state index in [9.17, 15) is 9.90 Å². The van der Waals surface area contributed by atoms with Gasteiger partial charge >= 0.3 is 6.09 Å². The van der Waals surface area contributed by atoms with Gasteiger partial charge in [-0.1, -0.05) is 30.3 Å². The lowest BCUT2D eigenvalue weighted by molar-refractivity contribution is 0.0199. The van der Waals surface area contributed by atoms with E-state index in [0.29, 0.717) is 13.0 Å². The Morgan fingerprint density at radius 3 is 2.59 bits per heavy atom. The molecule has 1 aliphatic heterocycles. The van der Waals surface area contributed by atoms with E-state index in [1.54, 1.807) is 13.8 Å². The molecule has 1 aromatic rings. The number of carbonyl (C=O) groups excluding carboxylic acids is 1. The van der Waals surface area contributed by atoms with Gasteiger partial charge in [0.15, 0.2) is 0 Å². The molecule has 0 saturated carbocycles. The second-order valence-electron chi connectivity index (χ2n) is 6.14. The Bertz CT molecular complexity index is 478. The molecule has 122 valence electrons. The first-order chi connectivity index (χ1) is 10.5. The zero-order valence-corrected chi connectivity index (χ0v) is 13.5. The summed E-state index contributed by atoms with van der Waals surface area (Å²) in [6.45, 7) is 7.13. The number of amides is 1. The number of likely N-dealkylation sites (tertiary alicyclic amines) is 1. The highest BCUT2D eigenvalue weighted by molar-refractivity contribution is 5.67. The van der Waals surface area contributed by atoms with Crippen molar-refractivity contribution in [3.8, 4) is 0 Å². The molecule has 1 fully saturated rings. The van der Waals surface area contributed by atoms with Crippen molar-refractivity contribution in [3.63, 3.8) is 0 Å². The van der Waals surface area contributed by atoms with E-state index in [0.717, 1.165) is 6.54 Å². The molecule has 0 spiro atoms. The molecule has 22 heavy (non-hydrogen) atoms. The van der Waals surface area contributed by atoms with Gasteiger partial charge in [0.05, 0.1) is 18.2 Å². The largest absolute Gasteiger partial charge is 0.447 e. The molecule has 2 N–H and O–H groups in total. The Kier molecular flexibility index (Phi) is 5.80. The molecule has 5 nitrogen and oxygen atoms in total. The number of hydrogen-bond acceptors (Lipinski definition) is 4. The topological polar surface area (TPSA) is 61.8 Å². The number of aliphatic hydroxyl groups excluding tert-OH is 1.